The van der Waals surface area contributed by atoms with Gasteiger partial charge in [0.05, 0.1) is 10.2 Å². The largest absolute Gasteiger partial charge is 0.398 e. The van der Waals surface area contributed by atoms with E-state index >= 15 is 0 Å². The highest BCUT2D eigenvalue weighted by Crippen LogP contribution is 2.31. The first-order valence-electron chi connectivity index (χ1n) is 5.65. The quantitative estimate of drug-likeness (QED) is 0.738. The molecule has 0 fully saturated rings. The molecule has 0 amide bonds. The number of hydrogen-bond donors (Lipinski definition) is 1. The molecule has 0 saturated heterocycles. The zero-order valence-electron chi connectivity index (χ0n) is 9.86. The summed E-state index contributed by atoms with van der Waals surface area (Å²) in [5.74, 6) is 0.644. The average Bonchev–Trinajstić information content (AvgIpc) is 2.92. The Morgan fingerprint density at radius 2 is 1.79 bits per heavy atom. The number of hydrogen-bond acceptors (Lipinski definition) is 4. The fourth-order valence-corrected chi connectivity index (χ4v) is 2.26. The Hall–Kier alpha value is -2.21. The highest BCUT2D eigenvalue weighted by Gasteiger charge is 2.14. The summed E-state index contributed by atoms with van der Waals surface area (Å²) in [4.78, 5) is 0. The summed E-state index contributed by atoms with van der Waals surface area (Å²) < 4.78 is 2.47. The van der Waals surface area contributed by atoms with Crippen molar-refractivity contribution < 1.29 is 0 Å². The molecule has 3 rings (SSSR count). The van der Waals surface area contributed by atoms with E-state index in [-0.39, 0.29) is 0 Å². The highest BCUT2D eigenvalue weighted by atomic mass is 79.9. The fourth-order valence-electron chi connectivity index (χ4n) is 1.82. The molecule has 0 saturated carbocycles. The number of anilines is 1. The maximum atomic E-state index is 5.89. The summed E-state index contributed by atoms with van der Waals surface area (Å²) in [6.45, 7) is 0. The van der Waals surface area contributed by atoms with Crippen LogP contribution < -0.4 is 5.73 Å². The molecule has 2 N–H and O–H groups in total. The lowest BCUT2D eigenvalue weighted by Crippen LogP contribution is -2.00. The molecule has 0 aliphatic heterocycles. The molecule has 0 bridgehead atoms. The molecule has 0 aliphatic carbocycles. The number of nitrogen functional groups attached to an aromatic ring is 1. The van der Waals surface area contributed by atoms with Crippen LogP contribution in [0.15, 0.2) is 53.0 Å². The van der Waals surface area contributed by atoms with Crippen molar-refractivity contribution in [2.75, 3.05) is 5.73 Å². The lowest BCUT2D eigenvalue weighted by Gasteiger charge is -2.07. The minimum atomic E-state index is 0.644. The zero-order valence-corrected chi connectivity index (χ0v) is 11.4. The van der Waals surface area contributed by atoms with Crippen LogP contribution in [0.2, 0.25) is 0 Å². The number of nitrogens with zero attached hydrogens (tertiary/aromatic N) is 4. The van der Waals surface area contributed by atoms with Gasteiger partial charge in [-0.25, -0.2) is 0 Å². The first-order valence-corrected chi connectivity index (χ1v) is 6.45. The van der Waals surface area contributed by atoms with Crippen LogP contribution in [0.4, 0.5) is 5.69 Å². The van der Waals surface area contributed by atoms with Crippen molar-refractivity contribution in [1.82, 2.24) is 20.2 Å². The first-order chi connectivity index (χ1) is 9.27. The number of para-hydroxylation sites is 1. The van der Waals surface area contributed by atoms with Gasteiger partial charge in [-0.15, -0.1) is 5.10 Å². The van der Waals surface area contributed by atoms with Crippen molar-refractivity contribution in [2.45, 2.75) is 0 Å². The van der Waals surface area contributed by atoms with Crippen LogP contribution in [0.1, 0.15) is 0 Å². The van der Waals surface area contributed by atoms with E-state index in [1.54, 1.807) is 4.68 Å². The number of aromatic nitrogens is 4. The van der Waals surface area contributed by atoms with Crippen molar-refractivity contribution in [3.8, 4) is 17.1 Å². The summed E-state index contributed by atoms with van der Waals surface area (Å²) in [5.41, 5.74) is 8.30. The van der Waals surface area contributed by atoms with Crippen molar-refractivity contribution in [3.63, 3.8) is 0 Å². The third-order valence-electron chi connectivity index (χ3n) is 2.74. The SMILES string of the molecule is Nc1cccc(-c2nnnn2-c2ccccc2)c1Br. The lowest BCUT2D eigenvalue weighted by atomic mass is 10.2. The smallest absolute Gasteiger partial charge is 0.188 e. The third-order valence-corrected chi connectivity index (χ3v) is 3.62. The van der Waals surface area contributed by atoms with Gasteiger partial charge in [0.15, 0.2) is 5.82 Å². The van der Waals surface area contributed by atoms with E-state index in [1.807, 2.05) is 48.5 Å². The minimum Gasteiger partial charge on any atom is -0.398 e. The Morgan fingerprint density at radius 1 is 1.00 bits per heavy atom. The van der Waals surface area contributed by atoms with Gasteiger partial charge in [-0.3, -0.25) is 0 Å². The normalized spacial score (nSPS) is 10.6. The van der Waals surface area contributed by atoms with Crippen molar-refractivity contribution in [1.29, 1.82) is 0 Å². The molecular formula is C13H10BrN5. The van der Waals surface area contributed by atoms with Gasteiger partial charge in [-0.1, -0.05) is 24.3 Å². The molecule has 2 aromatic carbocycles. The predicted octanol–water partition coefficient (Wildman–Crippen LogP) is 2.67. The molecule has 5 nitrogen and oxygen atoms in total. The van der Waals surface area contributed by atoms with Crippen LogP contribution in [0, 0.1) is 0 Å². The molecule has 0 aliphatic rings. The van der Waals surface area contributed by atoms with Crippen LogP contribution in [-0.4, -0.2) is 20.2 Å². The second-order valence-corrected chi connectivity index (χ2v) is 4.75. The van der Waals surface area contributed by atoms with E-state index in [0.29, 0.717) is 11.5 Å². The van der Waals surface area contributed by atoms with Gasteiger partial charge in [-0.2, -0.15) is 4.68 Å². The van der Waals surface area contributed by atoms with Crippen LogP contribution in [-0.2, 0) is 0 Å². The molecule has 6 heteroatoms. The van der Waals surface area contributed by atoms with Gasteiger partial charge >= 0.3 is 0 Å². The minimum absolute atomic E-state index is 0.644. The third kappa shape index (κ3) is 2.10. The standard InChI is InChI=1S/C13H10BrN5/c14-12-10(7-4-8-11(12)15)13-16-17-18-19(13)9-5-2-1-3-6-9/h1-8H,15H2. The van der Waals surface area contributed by atoms with E-state index < -0.39 is 0 Å². The Balaban J connectivity index is 2.18. The van der Waals surface area contributed by atoms with Crippen LogP contribution in [0.25, 0.3) is 17.1 Å². The second-order valence-electron chi connectivity index (χ2n) is 3.96. The van der Waals surface area contributed by atoms with Crippen LogP contribution >= 0.6 is 15.9 Å². The summed E-state index contributed by atoms with van der Waals surface area (Å²) in [6, 6.07) is 15.3. The molecule has 94 valence electrons. The van der Waals surface area contributed by atoms with Crippen molar-refractivity contribution >= 4 is 21.6 Å². The van der Waals surface area contributed by atoms with Crippen LogP contribution in [0.5, 0.6) is 0 Å². The molecule has 0 radical (unpaired) electrons. The van der Waals surface area contributed by atoms with E-state index in [2.05, 4.69) is 31.5 Å². The number of tetrazole rings is 1. The van der Waals surface area contributed by atoms with Gasteiger partial charge in [-0.05, 0) is 50.6 Å². The van der Waals surface area contributed by atoms with Gasteiger partial charge < -0.3 is 5.73 Å². The van der Waals surface area contributed by atoms with E-state index in [4.69, 9.17) is 5.73 Å². The Bertz CT molecular complexity index is 708. The number of halogens is 1. The first kappa shape index (κ1) is 11.9. The number of rotatable bonds is 2. The number of benzene rings is 2. The summed E-state index contributed by atoms with van der Waals surface area (Å²) >= 11 is 3.47. The molecular weight excluding hydrogens is 306 g/mol. The Kier molecular flexibility index (Phi) is 3.00. The molecule has 0 unspecified atom stereocenters. The lowest BCUT2D eigenvalue weighted by molar-refractivity contribution is 0.791. The highest BCUT2D eigenvalue weighted by molar-refractivity contribution is 9.10. The molecule has 3 aromatic rings. The fraction of sp³-hybridized carbons (Fsp3) is 0. The monoisotopic (exact) mass is 315 g/mol. The van der Waals surface area contributed by atoms with E-state index in [1.165, 1.54) is 0 Å². The van der Waals surface area contributed by atoms with Gasteiger partial charge in [0, 0.05) is 11.3 Å². The Labute approximate surface area is 118 Å². The molecule has 0 atom stereocenters. The molecule has 1 heterocycles. The summed E-state index contributed by atoms with van der Waals surface area (Å²) in [6.07, 6.45) is 0. The molecule has 0 spiro atoms. The van der Waals surface area contributed by atoms with Gasteiger partial charge in [0.2, 0.25) is 0 Å². The zero-order chi connectivity index (χ0) is 13.2. The summed E-state index contributed by atoms with van der Waals surface area (Å²) in [5, 5.41) is 11.9. The topological polar surface area (TPSA) is 69.6 Å². The second kappa shape index (κ2) is 4.81. The summed E-state index contributed by atoms with van der Waals surface area (Å²) in [7, 11) is 0. The number of nitrogens with two attached hydrogens (primary N) is 1. The predicted molar refractivity (Wildman–Crippen MR) is 76.7 cm³/mol. The van der Waals surface area contributed by atoms with Crippen molar-refractivity contribution in [3.05, 3.63) is 53.0 Å². The molecule has 1 aromatic heterocycles. The van der Waals surface area contributed by atoms with Crippen molar-refractivity contribution in [2.24, 2.45) is 0 Å². The molecule has 19 heavy (non-hydrogen) atoms. The van der Waals surface area contributed by atoms with E-state index in [9.17, 15) is 0 Å². The van der Waals surface area contributed by atoms with E-state index in [0.717, 1.165) is 15.7 Å². The maximum Gasteiger partial charge on any atom is 0.188 e. The van der Waals surface area contributed by atoms with Gasteiger partial charge in [0.25, 0.3) is 0 Å². The van der Waals surface area contributed by atoms with Gasteiger partial charge in [0.1, 0.15) is 0 Å². The average molecular weight is 316 g/mol. The van der Waals surface area contributed by atoms with Crippen LogP contribution in [0.3, 0.4) is 0 Å². The maximum absolute atomic E-state index is 5.89. The Morgan fingerprint density at radius 3 is 2.58 bits per heavy atom.